The fourth-order valence-electron chi connectivity index (χ4n) is 3.09. The van der Waals surface area contributed by atoms with E-state index in [9.17, 15) is 18.7 Å². The van der Waals surface area contributed by atoms with E-state index in [4.69, 9.17) is 9.47 Å². The van der Waals surface area contributed by atoms with Gasteiger partial charge in [-0.25, -0.2) is 18.7 Å². The average molecular weight is 446 g/mol. The molecule has 3 heterocycles. The first-order valence-electron chi connectivity index (χ1n) is 9.61. The highest BCUT2D eigenvalue weighted by molar-refractivity contribution is 5.93. The number of carbonyl (C=O) groups excluding carboxylic acids is 1. The van der Waals surface area contributed by atoms with Gasteiger partial charge in [0.15, 0.2) is 23.1 Å². The molecule has 3 N–H and O–H groups in total. The van der Waals surface area contributed by atoms with Crippen molar-refractivity contribution in [1.29, 1.82) is 0 Å². The molecule has 2 aromatic heterocycles. The van der Waals surface area contributed by atoms with Gasteiger partial charge in [-0.15, -0.1) is 0 Å². The average Bonchev–Trinajstić information content (AvgIpc) is 3.23. The lowest BCUT2D eigenvalue weighted by molar-refractivity contribution is 0.00550. The number of hydrogen-bond acceptors (Lipinski definition) is 8. The van der Waals surface area contributed by atoms with E-state index in [1.165, 1.54) is 43.5 Å². The highest BCUT2D eigenvalue weighted by Crippen LogP contribution is 2.27. The standard InChI is InChI=1S/C20H20F2N6O4/c1-10-3-15(31-2)18(22)13(17(10)21)9-32-12-5-23-20(24-6-12)25-16-4-14(26-27-16)19(30)28-7-11(29)8-28/h3-6,11,29H,7-9H2,1-2H3,(H2,23,24,25,26,27). The predicted molar refractivity (Wildman–Crippen MR) is 108 cm³/mol. The van der Waals surface area contributed by atoms with Gasteiger partial charge >= 0.3 is 0 Å². The Hall–Kier alpha value is -3.80. The van der Waals surface area contributed by atoms with Crippen LogP contribution >= 0.6 is 0 Å². The molecule has 0 saturated carbocycles. The fourth-order valence-corrected chi connectivity index (χ4v) is 3.09. The monoisotopic (exact) mass is 446 g/mol. The van der Waals surface area contributed by atoms with E-state index in [1.54, 1.807) is 0 Å². The number of aromatic amines is 1. The number of anilines is 2. The summed E-state index contributed by atoms with van der Waals surface area (Å²) in [6, 6.07) is 2.77. The molecule has 0 unspecified atom stereocenters. The van der Waals surface area contributed by atoms with Gasteiger partial charge in [0.05, 0.1) is 31.2 Å². The topological polar surface area (TPSA) is 125 Å². The molecule has 168 valence electrons. The van der Waals surface area contributed by atoms with Crippen molar-refractivity contribution >= 4 is 17.7 Å². The summed E-state index contributed by atoms with van der Waals surface area (Å²) >= 11 is 0. The summed E-state index contributed by atoms with van der Waals surface area (Å²) in [6.45, 7) is 1.70. The number of halogens is 2. The lowest BCUT2D eigenvalue weighted by Crippen LogP contribution is -2.53. The fraction of sp³-hybridized carbons (Fsp3) is 0.300. The minimum Gasteiger partial charge on any atom is -0.494 e. The van der Waals surface area contributed by atoms with Crippen LogP contribution in [-0.2, 0) is 6.61 Å². The molecular formula is C20H20F2N6O4. The summed E-state index contributed by atoms with van der Waals surface area (Å²) in [5.41, 5.74) is 0.240. The highest BCUT2D eigenvalue weighted by atomic mass is 19.1. The number of hydrogen-bond donors (Lipinski definition) is 3. The van der Waals surface area contributed by atoms with Crippen molar-refractivity contribution < 1.29 is 28.2 Å². The van der Waals surface area contributed by atoms with Gasteiger partial charge in [-0.05, 0) is 18.6 Å². The number of aryl methyl sites for hydroxylation is 1. The summed E-state index contributed by atoms with van der Waals surface area (Å²) in [6.07, 6.45) is 2.17. The Balaban J connectivity index is 1.37. The lowest BCUT2D eigenvalue weighted by atomic mass is 10.1. The van der Waals surface area contributed by atoms with Crippen LogP contribution in [0.3, 0.4) is 0 Å². The number of aromatic nitrogens is 4. The van der Waals surface area contributed by atoms with E-state index in [0.29, 0.717) is 5.82 Å². The van der Waals surface area contributed by atoms with Crippen LogP contribution in [-0.4, -0.2) is 62.4 Å². The molecule has 0 bridgehead atoms. The van der Waals surface area contributed by atoms with Gasteiger partial charge in [0, 0.05) is 19.2 Å². The van der Waals surface area contributed by atoms with E-state index in [2.05, 4.69) is 25.5 Å². The van der Waals surface area contributed by atoms with Crippen LogP contribution in [0.4, 0.5) is 20.5 Å². The van der Waals surface area contributed by atoms with Crippen molar-refractivity contribution in [2.75, 3.05) is 25.5 Å². The number of nitrogens with one attached hydrogen (secondary N) is 2. The van der Waals surface area contributed by atoms with Gasteiger partial charge in [0.2, 0.25) is 5.95 Å². The quantitative estimate of drug-likeness (QED) is 0.503. The maximum atomic E-state index is 14.3. The summed E-state index contributed by atoms with van der Waals surface area (Å²) in [7, 11) is 1.30. The maximum Gasteiger partial charge on any atom is 0.272 e. The van der Waals surface area contributed by atoms with E-state index in [0.717, 1.165) is 0 Å². The molecule has 1 amide bonds. The normalized spacial score (nSPS) is 13.6. The molecule has 0 atom stereocenters. The number of rotatable bonds is 7. The number of ether oxygens (including phenoxy) is 2. The predicted octanol–water partition coefficient (Wildman–Crippen LogP) is 1.93. The molecule has 0 aliphatic carbocycles. The number of nitrogens with zero attached hydrogens (tertiary/aromatic N) is 4. The van der Waals surface area contributed by atoms with Gasteiger partial charge in [0.1, 0.15) is 18.1 Å². The molecule has 32 heavy (non-hydrogen) atoms. The van der Waals surface area contributed by atoms with Crippen molar-refractivity contribution in [1.82, 2.24) is 25.1 Å². The second-order valence-electron chi connectivity index (χ2n) is 7.19. The third-order valence-corrected chi connectivity index (χ3v) is 4.87. The van der Waals surface area contributed by atoms with Gasteiger partial charge < -0.3 is 24.8 Å². The molecule has 0 radical (unpaired) electrons. The SMILES string of the molecule is COc1cc(C)c(F)c(COc2cnc(Nc3cc(C(=O)N4CC(O)C4)[nH]n3)nc2)c1F. The number of H-pyrrole nitrogens is 1. The van der Waals surface area contributed by atoms with Crippen molar-refractivity contribution in [3.05, 3.63) is 53.0 Å². The van der Waals surface area contributed by atoms with E-state index >= 15 is 0 Å². The number of likely N-dealkylation sites (tertiary alicyclic amines) is 1. The second kappa shape index (κ2) is 8.75. The first-order valence-corrected chi connectivity index (χ1v) is 9.61. The first kappa shape index (κ1) is 21.4. The third kappa shape index (κ3) is 4.30. The molecule has 1 aliphatic heterocycles. The van der Waals surface area contributed by atoms with Crippen LogP contribution in [0.25, 0.3) is 0 Å². The van der Waals surface area contributed by atoms with Crippen molar-refractivity contribution in [3.63, 3.8) is 0 Å². The Kier molecular flexibility index (Phi) is 5.86. The van der Waals surface area contributed by atoms with E-state index < -0.39 is 17.7 Å². The molecule has 1 aliphatic rings. The van der Waals surface area contributed by atoms with Crippen molar-refractivity contribution in [2.24, 2.45) is 0 Å². The lowest BCUT2D eigenvalue weighted by Gasteiger charge is -2.35. The summed E-state index contributed by atoms with van der Waals surface area (Å²) in [5.74, 6) is -1.18. The summed E-state index contributed by atoms with van der Waals surface area (Å²) < 4.78 is 39.0. The van der Waals surface area contributed by atoms with Gasteiger partial charge in [-0.3, -0.25) is 9.89 Å². The molecule has 4 rings (SSSR count). The largest absolute Gasteiger partial charge is 0.494 e. The molecule has 3 aromatic rings. The van der Waals surface area contributed by atoms with Gasteiger partial charge in [-0.1, -0.05) is 0 Å². The van der Waals surface area contributed by atoms with Crippen LogP contribution in [0.2, 0.25) is 0 Å². The minimum atomic E-state index is -0.827. The Morgan fingerprint density at radius 3 is 2.66 bits per heavy atom. The number of β-amino-alcohol motifs (C(OH)–C–C–N with tert-alkyl or cyclic N) is 1. The number of aliphatic hydroxyl groups is 1. The molecule has 12 heteroatoms. The van der Waals surface area contributed by atoms with Gasteiger partial charge in [0.25, 0.3) is 5.91 Å². The molecule has 1 aromatic carbocycles. The zero-order valence-electron chi connectivity index (χ0n) is 17.2. The molecule has 1 fully saturated rings. The zero-order valence-corrected chi connectivity index (χ0v) is 17.2. The van der Waals surface area contributed by atoms with Crippen LogP contribution in [0.5, 0.6) is 11.5 Å². The molecule has 10 nitrogen and oxygen atoms in total. The van der Waals surface area contributed by atoms with E-state index in [-0.39, 0.29) is 59.9 Å². The first-order chi connectivity index (χ1) is 15.4. The second-order valence-corrected chi connectivity index (χ2v) is 7.19. The smallest absolute Gasteiger partial charge is 0.272 e. The van der Waals surface area contributed by atoms with E-state index in [1.807, 2.05) is 0 Å². The number of aliphatic hydroxyl groups excluding tert-OH is 1. The zero-order chi connectivity index (χ0) is 22.8. The highest BCUT2D eigenvalue weighted by Gasteiger charge is 2.30. The van der Waals surface area contributed by atoms with Crippen LogP contribution in [0.1, 0.15) is 21.6 Å². The summed E-state index contributed by atoms with van der Waals surface area (Å²) in [4.78, 5) is 21.8. The Morgan fingerprint density at radius 1 is 1.28 bits per heavy atom. The van der Waals surface area contributed by atoms with Crippen molar-refractivity contribution in [3.8, 4) is 11.5 Å². The number of methoxy groups -OCH3 is 1. The number of amides is 1. The number of carbonyl (C=O) groups is 1. The molecular weight excluding hydrogens is 426 g/mol. The molecule has 1 saturated heterocycles. The Bertz CT molecular complexity index is 1130. The Morgan fingerprint density at radius 2 is 2.00 bits per heavy atom. The van der Waals surface area contributed by atoms with Crippen LogP contribution in [0.15, 0.2) is 24.5 Å². The Labute approximate surface area is 181 Å². The van der Waals surface area contributed by atoms with Crippen LogP contribution in [0, 0.1) is 18.6 Å². The third-order valence-electron chi connectivity index (χ3n) is 4.87. The van der Waals surface area contributed by atoms with Crippen LogP contribution < -0.4 is 14.8 Å². The van der Waals surface area contributed by atoms with Crippen molar-refractivity contribution in [2.45, 2.75) is 19.6 Å². The number of benzene rings is 1. The maximum absolute atomic E-state index is 14.3. The minimum absolute atomic E-state index is 0.0690. The summed E-state index contributed by atoms with van der Waals surface area (Å²) in [5, 5.41) is 18.7. The molecule has 0 spiro atoms. The van der Waals surface area contributed by atoms with Gasteiger partial charge in [-0.2, -0.15) is 5.10 Å².